The normalized spacial score (nSPS) is 11.8. The number of rotatable bonds is 7. The van der Waals surface area contributed by atoms with Crippen molar-refractivity contribution in [2.75, 3.05) is 5.73 Å². The molecule has 1 atom stereocenters. The SMILES string of the molecule is Nc1ccc(CNC(=O)[C@H](Cc2ccc(F)cc2)NC(=O)c2cc3ccccc3[nH]2)cn1. The van der Waals surface area contributed by atoms with Crippen molar-refractivity contribution in [3.63, 3.8) is 0 Å². The first-order valence-corrected chi connectivity index (χ1v) is 10.1. The minimum absolute atomic E-state index is 0.206. The lowest BCUT2D eigenvalue weighted by molar-refractivity contribution is -0.123. The highest BCUT2D eigenvalue weighted by molar-refractivity contribution is 6.00. The summed E-state index contributed by atoms with van der Waals surface area (Å²) in [7, 11) is 0. The molecule has 7 nitrogen and oxygen atoms in total. The predicted octanol–water partition coefficient (Wildman–Crippen LogP) is 2.94. The maximum Gasteiger partial charge on any atom is 0.268 e. The number of nitrogens with two attached hydrogens (primary N) is 1. The molecule has 0 bridgehead atoms. The lowest BCUT2D eigenvalue weighted by atomic mass is 10.0. The standard InChI is InChI=1S/C24H22FN5O2/c25-18-8-5-15(6-9-18)11-20(23(31)28-14-16-7-10-22(26)27-13-16)30-24(32)21-12-17-3-1-2-4-19(17)29-21/h1-10,12-13,20,29H,11,14H2,(H2,26,27)(H,28,31)(H,30,32)/t20-/m0/s1. The Morgan fingerprint density at radius 2 is 1.78 bits per heavy atom. The van der Waals surface area contributed by atoms with Crippen LogP contribution < -0.4 is 16.4 Å². The summed E-state index contributed by atoms with van der Waals surface area (Å²) in [5.74, 6) is -0.749. The molecule has 0 aliphatic rings. The van der Waals surface area contributed by atoms with Gasteiger partial charge in [0.15, 0.2) is 0 Å². The molecule has 8 heteroatoms. The zero-order valence-corrected chi connectivity index (χ0v) is 17.1. The summed E-state index contributed by atoms with van der Waals surface area (Å²) in [6.45, 7) is 0.230. The third kappa shape index (κ3) is 5.10. The van der Waals surface area contributed by atoms with Crippen LogP contribution in [0.25, 0.3) is 10.9 Å². The molecule has 32 heavy (non-hydrogen) atoms. The first-order chi connectivity index (χ1) is 15.5. The van der Waals surface area contributed by atoms with Crippen molar-refractivity contribution in [2.45, 2.75) is 19.0 Å². The summed E-state index contributed by atoms with van der Waals surface area (Å²) in [5.41, 5.74) is 8.26. The number of anilines is 1. The molecular weight excluding hydrogens is 409 g/mol. The van der Waals surface area contributed by atoms with Crippen LogP contribution in [0.5, 0.6) is 0 Å². The Labute approximate surface area is 183 Å². The van der Waals surface area contributed by atoms with Gasteiger partial charge in [-0.05, 0) is 41.5 Å². The van der Waals surface area contributed by atoms with Gasteiger partial charge in [-0.1, -0.05) is 36.4 Å². The number of hydrogen-bond donors (Lipinski definition) is 4. The van der Waals surface area contributed by atoms with Crippen molar-refractivity contribution >= 4 is 28.5 Å². The molecule has 2 amide bonds. The minimum atomic E-state index is -0.860. The van der Waals surface area contributed by atoms with Gasteiger partial charge in [0.05, 0.1) is 0 Å². The number of aromatic nitrogens is 2. The molecule has 0 aliphatic heterocycles. The van der Waals surface area contributed by atoms with Crippen LogP contribution in [0.1, 0.15) is 21.6 Å². The molecule has 0 spiro atoms. The molecule has 0 radical (unpaired) electrons. The van der Waals surface area contributed by atoms with E-state index >= 15 is 0 Å². The number of fused-ring (bicyclic) bond motifs is 1. The van der Waals surface area contributed by atoms with E-state index in [2.05, 4.69) is 20.6 Å². The number of benzene rings is 2. The van der Waals surface area contributed by atoms with Crippen LogP contribution in [0.3, 0.4) is 0 Å². The van der Waals surface area contributed by atoms with Crippen LogP contribution in [-0.2, 0) is 17.8 Å². The van der Waals surface area contributed by atoms with Crippen LogP contribution in [0.15, 0.2) is 72.9 Å². The van der Waals surface area contributed by atoms with E-state index in [0.717, 1.165) is 22.0 Å². The monoisotopic (exact) mass is 431 g/mol. The number of H-pyrrole nitrogens is 1. The molecule has 2 aromatic heterocycles. The van der Waals surface area contributed by atoms with Crippen LogP contribution in [0, 0.1) is 5.82 Å². The molecule has 4 aromatic rings. The largest absolute Gasteiger partial charge is 0.384 e. The maximum atomic E-state index is 13.3. The third-order valence-corrected chi connectivity index (χ3v) is 5.06. The van der Waals surface area contributed by atoms with Crippen molar-refractivity contribution in [1.82, 2.24) is 20.6 Å². The molecule has 0 saturated heterocycles. The number of nitrogens with one attached hydrogen (secondary N) is 3. The van der Waals surface area contributed by atoms with Gasteiger partial charge in [-0.2, -0.15) is 0 Å². The van der Waals surface area contributed by atoms with Crippen molar-refractivity contribution < 1.29 is 14.0 Å². The van der Waals surface area contributed by atoms with Crippen LogP contribution in [0.2, 0.25) is 0 Å². The second-order valence-corrected chi connectivity index (χ2v) is 7.44. The van der Waals surface area contributed by atoms with Crippen LogP contribution in [0.4, 0.5) is 10.2 Å². The molecular formula is C24H22FN5O2. The molecule has 0 unspecified atom stereocenters. The van der Waals surface area contributed by atoms with Crippen molar-refractivity contribution in [3.05, 3.63) is 95.6 Å². The zero-order valence-electron chi connectivity index (χ0n) is 17.1. The van der Waals surface area contributed by atoms with Crippen LogP contribution in [-0.4, -0.2) is 27.8 Å². The summed E-state index contributed by atoms with van der Waals surface area (Å²) >= 11 is 0. The molecule has 0 fully saturated rings. The van der Waals surface area contributed by atoms with E-state index in [1.54, 1.807) is 36.5 Å². The number of carbonyl (C=O) groups is 2. The molecule has 5 N–H and O–H groups in total. The van der Waals surface area contributed by atoms with Crippen molar-refractivity contribution in [3.8, 4) is 0 Å². The van der Waals surface area contributed by atoms with Crippen molar-refractivity contribution in [2.24, 2.45) is 0 Å². The van der Waals surface area contributed by atoms with E-state index in [1.165, 1.54) is 12.1 Å². The molecule has 0 saturated carbocycles. The number of para-hydroxylation sites is 1. The second-order valence-electron chi connectivity index (χ2n) is 7.44. The molecule has 0 aliphatic carbocycles. The summed E-state index contributed by atoms with van der Waals surface area (Å²) in [4.78, 5) is 32.9. The summed E-state index contributed by atoms with van der Waals surface area (Å²) in [6.07, 6.45) is 1.78. The smallest absolute Gasteiger partial charge is 0.268 e. The number of nitrogens with zero attached hydrogens (tertiary/aromatic N) is 1. The number of nitrogen functional groups attached to an aromatic ring is 1. The van der Waals surface area contributed by atoms with E-state index < -0.39 is 11.9 Å². The fourth-order valence-electron chi connectivity index (χ4n) is 3.35. The van der Waals surface area contributed by atoms with Crippen molar-refractivity contribution in [1.29, 1.82) is 0 Å². The van der Waals surface area contributed by atoms with Gasteiger partial charge in [0.2, 0.25) is 5.91 Å². The number of amides is 2. The minimum Gasteiger partial charge on any atom is -0.384 e. The van der Waals surface area contributed by atoms with Crippen LogP contribution >= 0.6 is 0 Å². The second kappa shape index (κ2) is 9.30. The number of hydrogen-bond acceptors (Lipinski definition) is 4. The zero-order chi connectivity index (χ0) is 22.5. The van der Waals surface area contributed by atoms with Gasteiger partial charge >= 0.3 is 0 Å². The number of halogens is 1. The van der Waals surface area contributed by atoms with E-state index in [1.807, 2.05) is 24.3 Å². The number of carbonyl (C=O) groups excluding carboxylic acids is 2. The Balaban J connectivity index is 1.50. The van der Waals surface area contributed by atoms with E-state index in [9.17, 15) is 14.0 Å². The molecule has 2 heterocycles. The average molecular weight is 431 g/mol. The quantitative estimate of drug-likeness (QED) is 0.360. The van der Waals surface area contributed by atoms with Gasteiger partial charge in [-0.25, -0.2) is 9.37 Å². The topological polar surface area (TPSA) is 113 Å². The fraction of sp³-hybridized carbons (Fsp3) is 0.125. The predicted molar refractivity (Wildman–Crippen MR) is 120 cm³/mol. The first kappa shape index (κ1) is 21.0. The highest BCUT2D eigenvalue weighted by Gasteiger charge is 2.23. The molecule has 2 aromatic carbocycles. The van der Waals surface area contributed by atoms with Gasteiger partial charge in [0, 0.05) is 30.1 Å². The van der Waals surface area contributed by atoms with Gasteiger partial charge in [-0.15, -0.1) is 0 Å². The van der Waals surface area contributed by atoms with E-state index in [0.29, 0.717) is 11.5 Å². The summed E-state index contributed by atoms with van der Waals surface area (Å²) in [6, 6.07) is 17.6. The first-order valence-electron chi connectivity index (χ1n) is 10.1. The highest BCUT2D eigenvalue weighted by atomic mass is 19.1. The van der Waals surface area contributed by atoms with Gasteiger partial charge in [0.25, 0.3) is 5.91 Å². The Kier molecular flexibility index (Phi) is 6.12. The third-order valence-electron chi connectivity index (χ3n) is 5.06. The fourth-order valence-corrected chi connectivity index (χ4v) is 3.35. The highest BCUT2D eigenvalue weighted by Crippen LogP contribution is 2.15. The Morgan fingerprint density at radius 1 is 1.03 bits per heavy atom. The molecule has 4 rings (SSSR count). The number of aromatic amines is 1. The lowest BCUT2D eigenvalue weighted by Crippen LogP contribution is -2.48. The van der Waals surface area contributed by atoms with Gasteiger partial charge < -0.3 is 21.4 Å². The van der Waals surface area contributed by atoms with Gasteiger partial charge in [0.1, 0.15) is 23.4 Å². The van der Waals surface area contributed by atoms with Gasteiger partial charge in [-0.3, -0.25) is 9.59 Å². The number of pyridine rings is 1. The Morgan fingerprint density at radius 3 is 2.50 bits per heavy atom. The molecule has 162 valence electrons. The lowest BCUT2D eigenvalue weighted by Gasteiger charge is -2.18. The summed E-state index contributed by atoms with van der Waals surface area (Å²) < 4.78 is 13.3. The maximum absolute atomic E-state index is 13.3. The Hall–Kier alpha value is -4.20. The Bertz CT molecular complexity index is 1200. The average Bonchev–Trinajstić information content (AvgIpc) is 3.24. The van der Waals surface area contributed by atoms with E-state index in [-0.39, 0.29) is 24.7 Å². The van der Waals surface area contributed by atoms with E-state index in [4.69, 9.17) is 5.73 Å². The summed E-state index contributed by atoms with van der Waals surface area (Å²) in [5, 5.41) is 6.50.